The largest absolute Gasteiger partial charge is 0.331 e. The molecule has 0 aromatic rings. The highest BCUT2D eigenvalue weighted by molar-refractivity contribution is 5.80. The first-order valence-corrected chi connectivity index (χ1v) is 6.18. The van der Waals surface area contributed by atoms with E-state index in [1.807, 2.05) is 4.90 Å². The highest BCUT2D eigenvalue weighted by Crippen LogP contribution is 2.30. The van der Waals surface area contributed by atoms with Crippen molar-refractivity contribution in [2.75, 3.05) is 19.6 Å². The standard InChI is InChI=1S/C13H20N2O/c1-3-8-15(9-11-4-5-11)13(16)12-6-7-14-10(12)2/h1,10-12,14H,4-9H2,2H3. The Hall–Kier alpha value is -1.01. The summed E-state index contributed by atoms with van der Waals surface area (Å²) in [6.45, 7) is 4.37. The van der Waals surface area contributed by atoms with Crippen LogP contribution in [0.1, 0.15) is 26.2 Å². The van der Waals surface area contributed by atoms with E-state index < -0.39 is 0 Å². The van der Waals surface area contributed by atoms with Crippen molar-refractivity contribution in [3.8, 4) is 12.3 Å². The molecule has 1 saturated heterocycles. The summed E-state index contributed by atoms with van der Waals surface area (Å²) in [4.78, 5) is 14.2. The SMILES string of the molecule is C#CCN(CC1CC1)C(=O)C1CCNC1C. The van der Waals surface area contributed by atoms with Gasteiger partial charge in [-0.25, -0.2) is 0 Å². The number of carbonyl (C=O) groups excluding carboxylic acids is 1. The molecule has 0 radical (unpaired) electrons. The summed E-state index contributed by atoms with van der Waals surface area (Å²) in [7, 11) is 0. The monoisotopic (exact) mass is 220 g/mol. The lowest BCUT2D eigenvalue weighted by molar-refractivity contribution is -0.135. The Morgan fingerprint density at radius 1 is 1.50 bits per heavy atom. The van der Waals surface area contributed by atoms with E-state index in [9.17, 15) is 4.79 Å². The maximum Gasteiger partial charge on any atom is 0.228 e. The molecular weight excluding hydrogens is 200 g/mol. The van der Waals surface area contributed by atoms with Crippen LogP contribution in [0, 0.1) is 24.2 Å². The normalized spacial score (nSPS) is 28.8. The van der Waals surface area contributed by atoms with E-state index in [0.717, 1.165) is 19.5 Å². The average Bonchev–Trinajstić information content (AvgIpc) is 2.98. The van der Waals surface area contributed by atoms with Crippen molar-refractivity contribution >= 4 is 5.91 Å². The summed E-state index contributed by atoms with van der Waals surface area (Å²) in [5.74, 6) is 3.70. The number of amides is 1. The second-order valence-corrected chi connectivity index (χ2v) is 5.00. The van der Waals surface area contributed by atoms with Crippen LogP contribution in [-0.4, -0.2) is 36.5 Å². The number of rotatable bonds is 4. The topological polar surface area (TPSA) is 32.3 Å². The van der Waals surface area contributed by atoms with Crippen LogP contribution in [0.3, 0.4) is 0 Å². The van der Waals surface area contributed by atoms with Gasteiger partial charge in [0.25, 0.3) is 0 Å². The number of terminal acetylenes is 1. The highest BCUT2D eigenvalue weighted by atomic mass is 16.2. The van der Waals surface area contributed by atoms with E-state index in [-0.39, 0.29) is 11.8 Å². The number of hydrogen-bond acceptors (Lipinski definition) is 2. The molecule has 1 aliphatic carbocycles. The highest BCUT2D eigenvalue weighted by Gasteiger charge is 2.34. The van der Waals surface area contributed by atoms with Crippen LogP contribution in [0.2, 0.25) is 0 Å². The molecule has 16 heavy (non-hydrogen) atoms. The quantitative estimate of drug-likeness (QED) is 0.713. The summed E-state index contributed by atoms with van der Waals surface area (Å²) in [5, 5.41) is 3.32. The van der Waals surface area contributed by atoms with E-state index >= 15 is 0 Å². The van der Waals surface area contributed by atoms with Gasteiger partial charge in [0, 0.05) is 12.6 Å². The Kier molecular flexibility index (Phi) is 3.50. The molecule has 0 bridgehead atoms. The predicted molar refractivity (Wildman–Crippen MR) is 63.7 cm³/mol. The third kappa shape index (κ3) is 2.56. The molecule has 2 rings (SSSR count). The molecule has 1 N–H and O–H groups in total. The molecule has 1 amide bonds. The molecule has 1 heterocycles. The van der Waals surface area contributed by atoms with E-state index in [0.29, 0.717) is 18.5 Å². The fourth-order valence-corrected chi connectivity index (χ4v) is 2.39. The Labute approximate surface area is 97.6 Å². The second kappa shape index (κ2) is 4.88. The lowest BCUT2D eigenvalue weighted by Crippen LogP contribution is -2.41. The third-order valence-electron chi connectivity index (χ3n) is 3.61. The van der Waals surface area contributed by atoms with Crippen LogP contribution >= 0.6 is 0 Å². The predicted octanol–water partition coefficient (Wildman–Crippen LogP) is 0.856. The Bertz CT molecular complexity index is 304. The number of nitrogens with one attached hydrogen (secondary N) is 1. The van der Waals surface area contributed by atoms with Crippen LogP contribution < -0.4 is 5.32 Å². The molecule has 0 aromatic carbocycles. The van der Waals surface area contributed by atoms with Crippen LogP contribution in [-0.2, 0) is 4.79 Å². The zero-order valence-electron chi connectivity index (χ0n) is 9.91. The zero-order chi connectivity index (χ0) is 11.5. The maximum absolute atomic E-state index is 12.3. The van der Waals surface area contributed by atoms with E-state index in [1.54, 1.807) is 0 Å². The Morgan fingerprint density at radius 3 is 2.75 bits per heavy atom. The summed E-state index contributed by atoms with van der Waals surface area (Å²) >= 11 is 0. The average molecular weight is 220 g/mol. The molecule has 2 aliphatic rings. The lowest BCUT2D eigenvalue weighted by atomic mass is 10.00. The Morgan fingerprint density at radius 2 is 2.25 bits per heavy atom. The smallest absolute Gasteiger partial charge is 0.228 e. The van der Waals surface area contributed by atoms with Crippen LogP contribution in [0.5, 0.6) is 0 Å². The molecular formula is C13H20N2O. The van der Waals surface area contributed by atoms with Gasteiger partial charge in [-0.05, 0) is 38.6 Å². The molecule has 1 saturated carbocycles. The van der Waals surface area contributed by atoms with Gasteiger partial charge < -0.3 is 10.2 Å². The van der Waals surface area contributed by atoms with Crippen molar-refractivity contribution in [3.05, 3.63) is 0 Å². The molecule has 2 unspecified atom stereocenters. The maximum atomic E-state index is 12.3. The molecule has 3 heteroatoms. The Balaban J connectivity index is 1.95. The van der Waals surface area contributed by atoms with Crippen molar-refractivity contribution in [1.82, 2.24) is 10.2 Å². The summed E-state index contributed by atoms with van der Waals surface area (Å²) in [5.41, 5.74) is 0. The fourth-order valence-electron chi connectivity index (χ4n) is 2.39. The summed E-state index contributed by atoms with van der Waals surface area (Å²) in [6, 6.07) is 0.298. The first kappa shape index (κ1) is 11.5. The molecule has 0 spiro atoms. The van der Waals surface area contributed by atoms with Crippen LogP contribution in [0.25, 0.3) is 0 Å². The summed E-state index contributed by atoms with van der Waals surface area (Å²) in [6.07, 6.45) is 8.80. The van der Waals surface area contributed by atoms with Gasteiger partial charge >= 0.3 is 0 Å². The molecule has 88 valence electrons. The van der Waals surface area contributed by atoms with E-state index in [4.69, 9.17) is 6.42 Å². The van der Waals surface area contributed by atoms with Gasteiger partial charge in [-0.1, -0.05) is 5.92 Å². The van der Waals surface area contributed by atoms with Crippen molar-refractivity contribution in [3.63, 3.8) is 0 Å². The molecule has 2 fully saturated rings. The fraction of sp³-hybridized carbons (Fsp3) is 0.769. The van der Waals surface area contributed by atoms with Gasteiger partial charge in [0.05, 0.1) is 12.5 Å². The van der Waals surface area contributed by atoms with Crippen molar-refractivity contribution < 1.29 is 4.79 Å². The van der Waals surface area contributed by atoms with Gasteiger partial charge in [0.15, 0.2) is 0 Å². The van der Waals surface area contributed by atoms with E-state index in [1.165, 1.54) is 12.8 Å². The van der Waals surface area contributed by atoms with E-state index in [2.05, 4.69) is 18.2 Å². The lowest BCUT2D eigenvalue weighted by Gasteiger charge is -2.25. The number of nitrogens with zero attached hydrogens (tertiary/aromatic N) is 1. The molecule has 0 aromatic heterocycles. The first-order valence-electron chi connectivity index (χ1n) is 6.18. The van der Waals surface area contributed by atoms with Crippen molar-refractivity contribution in [2.24, 2.45) is 11.8 Å². The van der Waals surface area contributed by atoms with Crippen molar-refractivity contribution in [1.29, 1.82) is 0 Å². The minimum absolute atomic E-state index is 0.132. The van der Waals surface area contributed by atoms with Crippen LogP contribution in [0.4, 0.5) is 0 Å². The minimum Gasteiger partial charge on any atom is -0.331 e. The second-order valence-electron chi connectivity index (χ2n) is 5.00. The van der Waals surface area contributed by atoms with Crippen LogP contribution in [0.15, 0.2) is 0 Å². The number of hydrogen-bond donors (Lipinski definition) is 1. The van der Waals surface area contributed by atoms with Gasteiger partial charge in [-0.2, -0.15) is 0 Å². The van der Waals surface area contributed by atoms with Gasteiger partial charge in [-0.15, -0.1) is 6.42 Å². The van der Waals surface area contributed by atoms with Gasteiger partial charge in [-0.3, -0.25) is 4.79 Å². The van der Waals surface area contributed by atoms with Gasteiger partial charge in [0.2, 0.25) is 5.91 Å². The minimum atomic E-state index is 0.132. The summed E-state index contributed by atoms with van der Waals surface area (Å²) < 4.78 is 0. The van der Waals surface area contributed by atoms with Crippen molar-refractivity contribution in [2.45, 2.75) is 32.2 Å². The number of carbonyl (C=O) groups is 1. The first-order chi connectivity index (χ1) is 7.72. The molecule has 1 aliphatic heterocycles. The third-order valence-corrected chi connectivity index (χ3v) is 3.61. The molecule has 3 nitrogen and oxygen atoms in total. The molecule has 2 atom stereocenters. The van der Waals surface area contributed by atoms with Gasteiger partial charge in [0.1, 0.15) is 0 Å². The zero-order valence-corrected chi connectivity index (χ0v) is 9.91.